The molecule has 35 heavy (non-hydrogen) atoms. The number of nitrogens with zero attached hydrogens (tertiary/aromatic N) is 5. The molecule has 8 heteroatoms. The number of pyridine rings is 1. The number of nitrogens with one attached hydrogen (secondary N) is 1. The van der Waals surface area contributed by atoms with Gasteiger partial charge in [-0.25, -0.2) is 4.68 Å². The zero-order chi connectivity index (χ0) is 25.0. The SMILES string of the molecule is CCC(c1nnnn1C(C)(C)CC)N(Cc1ccccc1)Cc1cc2ccc(OC)cc2[nH]c1=O. The van der Waals surface area contributed by atoms with Gasteiger partial charge in [-0.05, 0) is 66.3 Å². The summed E-state index contributed by atoms with van der Waals surface area (Å²) in [6.45, 7) is 9.69. The van der Waals surface area contributed by atoms with Gasteiger partial charge in [0.1, 0.15) is 5.75 Å². The van der Waals surface area contributed by atoms with Crippen LogP contribution in [0.5, 0.6) is 5.75 Å². The molecule has 2 aromatic carbocycles. The fourth-order valence-corrected chi connectivity index (χ4v) is 4.37. The van der Waals surface area contributed by atoms with E-state index in [0.717, 1.165) is 29.6 Å². The summed E-state index contributed by atoms with van der Waals surface area (Å²) in [7, 11) is 1.62. The van der Waals surface area contributed by atoms with Crippen molar-refractivity contribution in [2.75, 3.05) is 7.11 Å². The van der Waals surface area contributed by atoms with E-state index < -0.39 is 0 Å². The zero-order valence-corrected chi connectivity index (χ0v) is 21.2. The van der Waals surface area contributed by atoms with E-state index in [1.165, 1.54) is 5.56 Å². The summed E-state index contributed by atoms with van der Waals surface area (Å²) < 4.78 is 7.25. The molecule has 1 N–H and O–H groups in total. The Hall–Kier alpha value is -3.52. The number of aromatic amines is 1. The highest BCUT2D eigenvalue weighted by Gasteiger charge is 2.31. The van der Waals surface area contributed by atoms with Gasteiger partial charge in [-0.2, -0.15) is 0 Å². The Bertz CT molecular complexity index is 1330. The molecule has 0 saturated heterocycles. The fraction of sp³-hybridized carbons (Fsp3) is 0.407. The number of methoxy groups -OCH3 is 1. The normalized spacial score (nSPS) is 12.9. The van der Waals surface area contributed by atoms with Crippen LogP contribution in [0.25, 0.3) is 10.9 Å². The lowest BCUT2D eigenvalue weighted by molar-refractivity contribution is 0.150. The second-order valence-electron chi connectivity index (χ2n) is 9.51. The third-order valence-corrected chi connectivity index (χ3v) is 6.79. The molecular weight excluding hydrogens is 440 g/mol. The average Bonchev–Trinajstić information content (AvgIpc) is 3.36. The number of hydrogen-bond donors (Lipinski definition) is 1. The molecule has 2 aromatic heterocycles. The quantitative estimate of drug-likeness (QED) is 0.354. The Balaban J connectivity index is 1.76. The minimum absolute atomic E-state index is 0.0676. The molecule has 4 aromatic rings. The van der Waals surface area contributed by atoms with Gasteiger partial charge in [0.25, 0.3) is 5.56 Å². The first-order chi connectivity index (χ1) is 16.9. The van der Waals surface area contributed by atoms with Crippen LogP contribution >= 0.6 is 0 Å². The topological polar surface area (TPSA) is 88.9 Å². The molecule has 8 nitrogen and oxygen atoms in total. The van der Waals surface area contributed by atoms with Crippen molar-refractivity contribution in [2.45, 2.75) is 65.2 Å². The highest BCUT2D eigenvalue weighted by Crippen LogP contribution is 2.30. The summed E-state index contributed by atoms with van der Waals surface area (Å²) in [4.78, 5) is 18.4. The molecular formula is C27H34N6O2. The van der Waals surface area contributed by atoms with Crippen LogP contribution in [-0.4, -0.2) is 37.2 Å². The fourth-order valence-electron chi connectivity index (χ4n) is 4.37. The molecule has 1 unspecified atom stereocenters. The maximum absolute atomic E-state index is 13.1. The van der Waals surface area contributed by atoms with Crippen molar-refractivity contribution in [3.05, 3.63) is 81.9 Å². The van der Waals surface area contributed by atoms with E-state index in [1.807, 2.05) is 47.1 Å². The number of fused-ring (bicyclic) bond motifs is 1. The molecule has 0 saturated carbocycles. The zero-order valence-electron chi connectivity index (χ0n) is 21.2. The van der Waals surface area contributed by atoms with Gasteiger partial charge in [-0.3, -0.25) is 9.69 Å². The van der Waals surface area contributed by atoms with Gasteiger partial charge < -0.3 is 9.72 Å². The van der Waals surface area contributed by atoms with E-state index in [-0.39, 0.29) is 17.1 Å². The summed E-state index contributed by atoms with van der Waals surface area (Å²) in [5.41, 5.74) is 2.30. The van der Waals surface area contributed by atoms with Crippen molar-refractivity contribution in [1.82, 2.24) is 30.1 Å². The number of tetrazole rings is 1. The maximum Gasteiger partial charge on any atom is 0.252 e. The standard InChI is InChI=1S/C27H34N6O2/c1-6-24(25-29-30-31-33(25)27(3,4)7-2)32(17-19-11-9-8-10-12-19)18-21-15-20-13-14-22(35-5)16-23(20)28-26(21)34/h8-16,24H,6-7,17-18H2,1-5H3,(H,28,34). The highest BCUT2D eigenvalue weighted by molar-refractivity contribution is 5.80. The van der Waals surface area contributed by atoms with Crippen molar-refractivity contribution < 1.29 is 4.74 Å². The van der Waals surface area contributed by atoms with Gasteiger partial charge in [-0.1, -0.05) is 44.2 Å². The third kappa shape index (κ3) is 5.27. The smallest absolute Gasteiger partial charge is 0.252 e. The molecule has 2 heterocycles. The molecule has 4 rings (SSSR count). The predicted octanol–water partition coefficient (Wildman–Crippen LogP) is 4.82. The molecule has 0 amide bonds. The van der Waals surface area contributed by atoms with Gasteiger partial charge in [-0.15, -0.1) is 5.10 Å². The van der Waals surface area contributed by atoms with E-state index in [9.17, 15) is 4.79 Å². The van der Waals surface area contributed by atoms with Gasteiger partial charge in [0.2, 0.25) is 0 Å². The van der Waals surface area contributed by atoms with E-state index in [2.05, 4.69) is 65.2 Å². The lowest BCUT2D eigenvalue weighted by Crippen LogP contribution is -2.36. The van der Waals surface area contributed by atoms with E-state index >= 15 is 0 Å². The van der Waals surface area contributed by atoms with Crippen LogP contribution in [0, 0.1) is 0 Å². The van der Waals surface area contributed by atoms with Crippen LogP contribution in [0.1, 0.15) is 63.5 Å². The maximum atomic E-state index is 13.1. The highest BCUT2D eigenvalue weighted by atomic mass is 16.5. The van der Waals surface area contributed by atoms with Crippen molar-refractivity contribution in [2.24, 2.45) is 0 Å². The van der Waals surface area contributed by atoms with Gasteiger partial charge in [0.05, 0.1) is 24.2 Å². The van der Waals surface area contributed by atoms with Crippen molar-refractivity contribution in [3.8, 4) is 5.75 Å². The Morgan fingerprint density at radius 1 is 1.09 bits per heavy atom. The van der Waals surface area contributed by atoms with Crippen molar-refractivity contribution in [3.63, 3.8) is 0 Å². The summed E-state index contributed by atoms with van der Waals surface area (Å²) in [6, 6.07) is 17.9. The predicted molar refractivity (Wildman–Crippen MR) is 137 cm³/mol. The molecule has 0 radical (unpaired) electrons. The molecule has 0 fully saturated rings. The second kappa shape index (κ2) is 10.4. The molecule has 0 aliphatic heterocycles. The molecule has 1 atom stereocenters. The number of ether oxygens (including phenoxy) is 1. The van der Waals surface area contributed by atoms with E-state index in [1.54, 1.807) is 7.11 Å². The van der Waals surface area contributed by atoms with Crippen LogP contribution in [0.3, 0.4) is 0 Å². The first-order valence-corrected chi connectivity index (χ1v) is 12.1. The van der Waals surface area contributed by atoms with Crippen LogP contribution in [0.4, 0.5) is 0 Å². The minimum Gasteiger partial charge on any atom is -0.497 e. The lowest BCUT2D eigenvalue weighted by atomic mass is 10.0. The minimum atomic E-state index is -0.218. The van der Waals surface area contributed by atoms with Crippen LogP contribution < -0.4 is 10.3 Å². The Labute approximate surface area is 205 Å². The van der Waals surface area contributed by atoms with Gasteiger partial charge in [0, 0.05) is 24.7 Å². The van der Waals surface area contributed by atoms with E-state index in [0.29, 0.717) is 24.4 Å². The first-order valence-electron chi connectivity index (χ1n) is 12.1. The molecule has 0 spiro atoms. The third-order valence-electron chi connectivity index (χ3n) is 6.79. The van der Waals surface area contributed by atoms with Crippen LogP contribution in [-0.2, 0) is 18.6 Å². The Morgan fingerprint density at radius 2 is 1.86 bits per heavy atom. The van der Waals surface area contributed by atoms with Crippen molar-refractivity contribution in [1.29, 1.82) is 0 Å². The number of rotatable bonds is 10. The molecule has 0 bridgehead atoms. The van der Waals surface area contributed by atoms with Gasteiger partial charge in [0.15, 0.2) is 5.82 Å². The number of H-pyrrole nitrogens is 1. The largest absolute Gasteiger partial charge is 0.497 e. The lowest BCUT2D eigenvalue weighted by Gasteiger charge is -2.33. The molecule has 184 valence electrons. The summed E-state index contributed by atoms with van der Waals surface area (Å²) >= 11 is 0. The number of hydrogen-bond acceptors (Lipinski definition) is 6. The number of benzene rings is 2. The monoisotopic (exact) mass is 474 g/mol. The summed E-state index contributed by atoms with van der Waals surface area (Å²) in [5.74, 6) is 1.53. The van der Waals surface area contributed by atoms with Crippen LogP contribution in [0.2, 0.25) is 0 Å². The first kappa shape index (κ1) is 24.6. The molecule has 0 aliphatic rings. The Kier molecular flexibility index (Phi) is 7.31. The van der Waals surface area contributed by atoms with Gasteiger partial charge >= 0.3 is 0 Å². The summed E-state index contributed by atoms with van der Waals surface area (Å²) in [5, 5.41) is 13.8. The Morgan fingerprint density at radius 3 is 2.54 bits per heavy atom. The van der Waals surface area contributed by atoms with Crippen molar-refractivity contribution >= 4 is 10.9 Å². The second-order valence-corrected chi connectivity index (χ2v) is 9.51. The molecule has 0 aliphatic carbocycles. The summed E-state index contributed by atoms with van der Waals surface area (Å²) in [6.07, 6.45) is 1.70. The van der Waals surface area contributed by atoms with Crippen LogP contribution in [0.15, 0.2) is 59.4 Å². The average molecular weight is 475 g/mol. The van der Waals surface area contributed by atoms with E-state index in [4.69, 9.17) is 4.74 Å². The number of aromatic nitrogens is 5.